The topological polar surface area (TPSA) is 78.1 Å². The maximum atomic E-state index is 13.2. The Morgan fingerprint density at radius 3 is 2.42 bits per heavy atom. The quantitative estimate of drug-likeness (QED) is 0.399. The van der Waals surface area contributed by atoms with Gasteiger partial charge >= 0.3 is 0 Å². The molecule has 1 N–H and O–H groups in total. The second-order valence-corrected chi connectivity index (χ2v) is 8.17. The van der Waals surface area contributed by atoms with Crippen LogP contribution in [-0.4, -0.2) is 39.5 Å². The van der Waals surface area contributed by atoms with Crippen molar-refractivity contribution in [3.63, 3.8) is 0 Å². The van der Waals surface area contributed by atoms with Crippen LogP contribution in [0.25, 0.3) is 16.9 Å². The molecule has 2 aliphatic rings. The van der Waals surface area contributed by atoms with Crippen LogP contribution >= 0.6 is 0 Å². The molecule has 0 bridgehead atoms. The van der Waals surface area contributed by atoms with Crippen molar-refractivity contribution in [3.05, 3.63) is 94.5 Å². The van der Waals surface area contributed by atoms with Gasteiger partial charge in [-0.15, -0.1) is 0 Å². The fourth-order valence-corrected chi connectivity index (χ4v) is 3.64. The van der Waals surface area contributed by atoms with Crippen molar-refractivity contribution in [2.24, 2.45) is 0 Å². The molecule has 7 heteroatoms. The number of nitrogens with zero attached hydrogens (tertiary/aromatic N) is 3. The number of para-hydroxylation sites is 1. The highest BCUT2D eigenvalue weighted by atomic mass is 16.5. The van der Waals surface area contributed by atoms with Crippen LogP contribution in [-0.2, 0) is 11.3 Å². The van der Waals surface area contributed by atoms with Gasteiger partial charge in [0, 0.05) is 32.1 Å². The van der Waals surface area contributed by atoms with Crippen LogP contribution in [0, 0.1) is 0 Å². The second-order valence-electron chi connectivity index (χ2n) is 8.17. The fourth-order valence-electron chi connectivity index (χ4n) is 3.64. The highest BCUT2D eigenvalue weighted by Gasteiger charge is 2.24. The van der Waals surface area contributed by atoms with Gasteiger partial charge in [0.1, 0.15) is 5.69 Å². The predicted octanol–water partition coefficient (Wildman–Crippen LogP) is 3.73. The Balaban J connectivity index is 1.68. The summed E-state index contributed by atoms with van der Waals surface area (Å²) in [7, 11) is 0. The van der Waals surface area contributed by atoms with Gasteiger partial charge in [0.25, 0.3) is 11.5 Å². The van der Waals surface area contributed by atoms with Gasteiger partial charge in [-0.3, -0.25) is 9.59 Å². The molecule has 0 radical (unpaired) electrons. The van der Waals surface area contributed by atoms with Crippen LogP contribution in [0.2, 0.25) is 0 Å². The Morgan fingerprint density at radius 2 is 1.73 bits per heavy atom. The molecule has 7 nitrogen and oxygen atoms in total. The van der Waals surface area contributed by atoms with Crippen molar-refractivity contribution in [2.75, 3.05) is 13.2 Å². The van der Waals surface area contributed by atoms with E-state index in [0.717, 1.165) is 5.56 Å². The number of nitrogens with one attached hydrogen (secondary N) is 1. The first-order valence-corrected chi connectivity index (χ1v) is 11.1. The third-order valence-electron chi connectivity index (χ3n) is 5.23. The van der Waals surface area contributed by atoms with Crippen molar-refractivity contribution in [2.45, 2.75) is 32.9 Å². The van der Waals surface area contributed by atoms with Crippen LogP contribution in [0.3, 0.4) is 0 Å². The Morgan fingerprint density at radius 1 is 1.03 bits per heavy atom. The van der Waals surface area contributed by atoms with Crippen molar-refractivity contribution < 1.29 is 9.53 Å². The third kappa shape index (κ3) is 5.38. The van der Waals surface area contributed by atoms with Crippen LogP contribution < -0.4 is 10.9 Å². The number of hydrogen-bond acceptors (Lipinski definition) is 4. The van der Waals surface area contributed by atoms with Gasteiger partial charge < -0.3 is 14.6 Å². The van der Waals surface area contributed by atoms with E-state index in [-0.39, 0.29) is 17.6 Å². The molecule has 0 unspecified atom stereocenters. The molecular weight excluding hydrogens is 416 g/mol. The summed E-state index contributed by atoms with van der Waals surface area (Å²) in [5.74, 6) is -0.260. The number of amides is 1. The van der Waals surface area contributed by atoms with Crippen LogP contribution in [0.5, 0.6) is 0 Å². The van der Waals surface area contributed by atoms with Crippen LogP contribution in [0.1, 0.15) is 36.2 Å². The smallest absolute Gasteiger partial charge is 0.282 e. The molecule has 0 aliphatic carbocycles. The monoisotopic (exact) mass is 444 g/mol. The van der Waals surface area contributed by atoms with Gasteiger partial charge in [0.2, 0.25) is 0 Å². The van der Waals surface area contributed by atoms with E-state index in [1.165, 1.54) is 4.68 Å². The van der Waals surface area contributed by atoms with Crippen LogP contribution in [0.4, 0.5) is 0 Å². The summed E-state index contributed by atoms with van der Waals surface area (Å²) in [6, 6.07) is 19.1. The summed E-state index contributed by atoms with van der Waals surface area (Å²) < 4.78 is 8.76. The van der Waals surface area contributed by atoms with E-state index in [4.69, 9.17) is 4.74 Å². The Hall–Kier alpha value is -3.71. The third-order valence-corrected chi connectivity index (χ3v) is 5.23. The zero-order valence-corrected chi connectivity index (χ0v) is 18.9. The minimum absolute atomic E-state index is 0.156. The molecule has 0 spiro atoms. The summed E-state index contributed by atoms with van der Waals surface area (Å²) in [5.41, 5.74) is 2.65. The average Bonchev–Trinajstić information content (AvgIpc) is 3.15. The first-order chi connectivity index (χ1) is 16.0. The van der Waals surface area contributed by atoms with Gasteiger partial charge in [-0.2, -0.15) is 9.78 Å². The fraction of sp³-hybridized carbons (Fsp3) is 0.269. The molecule has 0 aromatic heterocycles. The van der Waals surface area contributed by atoms with E-state index in [0.29, 0.717) is 48.6 Å². The minimum atomic E-state index is -0.260. The number of fused-ring (bicyclic) bond motifs is 1. The summed E-state index contributed by atoms with van der Waals surface area (Å²) >= 11 is 0. The first kappa shape index (κ1) is 22.5. The number of ether oxygens (including phenoxy) is 1. The molecule has 2 aromatic carbocycles. The molecule has 170 valence electrons. The Labute approximate surface area is 193 Å². The lowest BCUT2D eigenvalue weighted by molar-refractivity contribution is 0.0757. The van der Waals surface area contributed by atoms with Gasteiger partial charge in [-0.1, -0.05) is 48.5 Å². The first-order valence-electron chi connectivity index (χ1n) is 11.1. The van der Waals surface area contributed by atoms with Gasteiger partial charge in [0.05, 0.1) is 22.9 Å². The summed E-state index contributed by atoms with van der Waals surface area (Å²) in [6.07, 6.45) is 4.39. The van der Waals surface area contributed by atoms with Gasteiger partial charge in [-0.05, 0) is 38.0 Å². The molecule has 33 heavy (non-hydrogen) atoms. The number of carbonyl (C=O) groups is 1. The zero-order chi connectivity index (χ0) is 23.2. The maximum absolute atomic E-state index is 13.2. The molecule has 0 saturated carbocycles. The SMILES string of the molecule is CC(C)OCCCNC(=O)c1cn(Cc2ccccc2)cc2c(=O)n(-c3ccccc3)nc1-2. The molecule has 2 heterocycles. The number of carbonyl (C=O) groups excluding carboxylic acids is 1. The highest BCUT2D eigenvalue weighted by molar-refractivity contribution is 5.99. The van der Waals surface area contributed by atoms with Crippen LogP contribution in [0.15, 0.2) is 77.9 Å². The predicted molar refractivity (Wildman–Crippen MR) is 128 cm³/mol. The standard InChI is InChI=1S/C26H28N4O3/c1-19(2)33-15-9-14-27-25(31)22-17-29(16-20-10-5-3-6-11-20)18-23-24(22)28-30(26(23)32)21-12-7-4-8-13-21/h3-8,10-13,17-19H,9,14-16H2,1-2H3,(H,27,31). The van der Waals surface area contributed by atoms with E-state index in [1.807, 2.05) is 79.1 Å². The Kier molecular flexibility index (Phi) is 7.00. The van der Waals surface area contributed by atoms with Crippen molar-refractivity contribution in [1.82, 2.24) is 19.7 Å². The number of hydrogen-bond donors (Lipinski definition) is 1. The minimum Gasteiger partial charge on any atom is -0.379 e. The Bertz CT molecular complexity index is 1230. The lowest BCUT2D eigenvalue weighted by Gasteiger charge is -2.13. The molecule has 2 aliphatic heterocycles. The molecule has 0 saturated heterocycles. The molecular formula is C26H28N4O3. The maximum Gasteiger partial charge on any atom is 0.282 e. The number of pyridine rings is 1. The normalized spacial score (nSPS) is 11.2. The molecule has 0 fully saturated rings. The van der Waals surface area contributed by atoms with Gasteiger partial charge in [0.15, 0.2) is 0 Å². The number of aromatic nitrogens is 3. The lowest BCUT2D eigenvalue weighted by atomic mass is 10.1. The molecule has 0 atom stereocenters. The average molecular weight is 445 g/mol. The van der Waals surface area contributed by atoms with Crippen molar-refractivity contribution in [1.29, 1.82) is 0 Å². The van der Waals surface area contributed by atoms with Gasteiger partial charge in [-0.25, -0.2) is 0 Å². The van der Waals surface area contributed by atoms with E-state index < -0.39 is 0 Å². The summed E-state index contributed by atoms with van der Waals surface area (Å²) in [6.45, 7) is 5.55. The number of benzene rings is 2. The van der Waals surface area contributed by atoms with E-state index in [9.17, 15) is 9.59 Å². The van der Waals surface area contributed by atoms with Crippen molar-refractivity contribution >= 4 is 5.91 Å². The largest absolute Gasteiger partial charge is 0.379 e. The van der Waals surface area contributed by atoms with E-state index in [2.05, 4.69) is 10.4 Å². The molecule has 4 rings (SSSR count). The zero-order valence-electron chi connectivity index (χ0n) is 18.9. The molecule has 2 aromatic rings. The summed E-state index contributed by atoms with van der Waals surface area (Å²) in [5, 5.41) is 7.47. The highest BCUT2D eigenvalue weighted by Crippen LogP contribution is 2.23. The van der Waals surface area contributed by atoms with E-state index >= 15 is 0 Å². The number of rotatable bonds is 9. The lowest BCUT2D eigenvalue weighted by Crippen LogP contribution is -2.27. The second kappa shape index (κ2) is 10.3. The summed E-state index contributed by atoms with van der Waals surface area (Å²) in [4.78, 5) is 26.3. The molecule has 1 amide bonds. The van der Waals surface area contributed by atoms with Crippen molar-refractivity contribution in [3.8, 4) is 16.9 Å². The van der Waals surface area contributed by atoms with E-state index in [1.54, 1.807) is 12.4 Å².